The topological polar surface area (TPSA) is 147 Å². The molecule has 0 saturated carbocycles. The number of carbonyl (C=O) groups is 5. The lowest BCUT2D eigenvalue weighted by Gasteiger charge is -2.11. The average Bonchev–Trinajstić information content (AvgIpc) is 2.63. The number of nitrogens with two attached hydrogens (primary N) is 1. The average molecular weight is 390 g/mol. The molecule has 0 radical (unpaired) electrons. The van der Waals surface area contributed by atoms with Crippen molar-refractivity contribution < 1.29 is 24.0 Å². The number of hydrogen-bond donors (Lipinski definition) is 4. The molecule has 0 aliphatic heterocycles. The first kappa shape index (κ1) is 22.8. The molecular formula is C19H26N4O5. The molecule has 0 spiro atoms. The summed E-state index contributed by atoms with van der Waals surface area (Å²) >= 11 is 0. The number of rotatable bonds is 11. The number of Topliss-reactive ketones (excluding diaryl/α,β-unsaturated/α-hetero) is 1. The normalized spacial score (nSPS) is 10.1. The van der Waals surface area contributed by atoms with E-state index in [1.165, 1.54) is 25.1 Å². The van der Waals surface area contributed by atoms with Crippen LogP contribution in [0.3, 0.4) is 0 Å². The van der Waals surface area contributed by atoms with Gasteiger partial charge in [-0.2, -0.15) is 0 Å². The molecule has 1 aromatic rings. The Kier molecular flexibility index (Phi) is 9.35. The minimum Gasteiger partial charge on any atom is -0.366 e. The third-order valence-corrected chi connectivity index (χ3v) is 3.71. The van der Waals surface area contributed by atoms with E-state index in [1.807, 2.05) is 0 Å². The van der Waals surface area contributed by atoms with E-state index in [1.54, 1.807) is 6.92 Å². The predicted octanol–water partition coefficient (Wildman–Crippen LogP) is 1.34. The van der Waals surface area contributed by atoms with Crippen molar-refractivity contribution in [1.29, 1.82) is 0 Å². The molecule has 0 fully saturated rings. The standard InChI is InChI=1S/C19H26N4O5/c1-3-16(25)21-8-4-5-17(26)22-14-9-13(19(20)28)10-15(11-14)23-18(27)7-6-12(2)24/h9-11H,3-8H2,1-2H3,(H2,20,28)(H,21,25)(H,22,26)(H,23,27). The van der Waals surface area contributed by atoms with Gasteiger partial charge in [-0.25, -0.2) is 0 Å². The summed E-state index contributed by atoms with van der Waals surface area (Å²) in [5.74, 6) is -1.59. The van der Waals surface area contributed by atoms with Gasteiger partial charge in [-0.05, 0) is 31.5 Å². The van der Waals surface area contributed by atoms with Crippen molar-refractivity contribution in [1.82, 2.24) is 5.32 Å². The molecule has 152 valence electrons. The summed E-state index contributed by atoms with van der Waals surface area (Å²) in [7, 11) is 0. The molecule has 0 bridgehead atoms. The Bertz CT molecular complexity index is 761. The second-order valence-electron chi connectivity index (χ2n) is 6.27. The summed E-state index contributed by atoms with van der Waals surface area (Å²) in [5, 5.41) is 7.89. The minimum absolute atomic E-state index is 0.0152. The highest BCUT2D eigenvalue weighted by molar-refractivity contribution is 6.00. The zero-order valence-electron chi connectivity index (χ0n) is 16.1. The van der Waals surface area contributed by atoms with Crippen LogP contribution in [0.25, 0.3) is 0 Å². The van der Waals surface area contributed by atoms with Gasteiger partial charge in [-0.1, -0.05) is 6.92 Å². The molecule has 9 nitrogen and oxygen atoms in total. The minimum atomic E-state index is -0.711. The van der Waals surface area contributed by atoms with E-state index in [0.29, 0.717) is 25.1 Å². The highest BCUT2D eigenvalue weighted by Gasteiger charge is 2.11. The van der Waals surface area contributed by atoms with Gasteiger partial charge in [0.15, 0.2) is 0 Å². The maximum absolute atomic E-state index is 12.1. The molecule has 1 rings (SSSR count). The van der Waals surface area contributed by atoms with Crippen LogP contribution in [0.2, 0.25) is 0 Å². The van der Waals surface area contributed by atoms with E-state index in [4.69, 9.17) is 5.73 Å². The van der Waals surface area contributed by atoms with Crippen LogP contribution in [0.1, 0.15) is 56.3 Å². The van der Waals surface area contributed by atoms with E-state index < -0.39 is 5.91 Å². The van der Waals surface area contributed by atoms with Gasteiger partial charge in [-0.15, -0.1) is 0 Å². The van der Waals surface area contributed by atoms with Crippen LogP contribution in [0, 0.1) is 0 Å². The Hall–Kier alpha value is -3.23. The monoisotopic (exact) mass is 390 g/mol. The largest absolute Gasteiger partial charge is 0.366 e. The van der Waals surface area contributed by atoms with Crippen LogP contribution in [-0.4, -0.2) is 36.0 Å². The van der Waals surface area contributed by atoms with Crippen molar-refractivity contribution in [3.8, 4) is 0 Å². The van der Waals surface area contributed by atoms with Gasteiger partial charge >= 0.3 is 0 Å². The molecule has 5 N–H and O–H groups in total. The number of ketones is 1. The van der Waals surface area contributed by atoms with Crippen LogP contribution in [0.5, 0.6) is 0 Å². The fraction of sp³-hybridized carbons (Fsp3) is 0.421. The Morgan fingerprint density at radius 3 is 1.93 bits per heavy atom. The van der Waals surface area contributed by atoms with E-state index in [2.05, 4.69) is 16.0 Å². The number of hydrogen-bond acceptors (Lipinski definition) is 5. The highest BCUT2D eigenvalue weighted by atomic mass is 16.2. The number of anilines is 2. The molecule has 0 aliphatic rings. The maximum atomic E-state index is 12.1. The number of primary amides is 1. The van der Waals surface area contributed by atoms with Crippen LogP contribution >= 0.6 is 0 Å². The summed E-state index contributed by atoms with van der Waals surface area (Å²) in [6, 6.07) is 4.29. The Labute approximate surface area is 163 Å². The van der Waals surface area contributed by atoms with Gasteiger partial charge in [0.1, 0.15) is 5.78 Å². The molecule has 0 aromatic heterocycles. The lowest BCUT2D eigenvalue weighted by Crippen LogP contribution is -2.24. The summed E-state index contributed by atoms with van der Waals surface area (Å²) < 4.78 is 0. The Morgan fingerprint density at radius 2 is 1.43 bits per heavy atom. The summed E-state index contributed by atoms with van der Waals surface area (Å²) in [5.41, 5.74) is 6.02. The van der Waals surface area contributed by atoms with Crippen molar-refractivity contribution >= 4 is 40.8 Å². The maximum Gasteiger partial charge on any atom is 0.248 e. The van der Waals surface area contributed by atoms with Crippen LogP contribution < -0.4 is 21.7 Å². The summed E-state index contributed by atoms with van der Waals surface area (Å²) in [6.07, 6.45) is 1.14. The number of carbonyl (C=O) groups excluding carboxylic acids is 5. The van der Waals surface area contributed by atoms with Gasteiger partial charge in [0, 0.05) is 49.2 Å². The first-order valence-corrected chi connectivity index (χ1v) is 9.02. The van der Waals surface area contributed by atoms with E-state index in [-0.39, 0.29) is 54.0 Å². The molecule has 4 amide bonds. The van der Waals surface area contributed by atoms with Gasteiger partial charge < -0.3 is 26.5 Å². The summed E-state index contributed by atoms with van der Waals surface area (Å²) in [6.45, 7) is 3.52. The van der Waals surface area contributed by atoms with Crippen LogP contribution in [0.4, 0.5) is 11.4 Å². The Balaban J connectivity index is 2.71. The predicted molar refractivity (Wildman–Crippen MR) is 105 cm³/mol. The first-order chi connectivity index (χ1) is 13.2. The SMILES string of the molecule is CCC(=O)NCCCC(=O)Nc1cc(NC(=O)CCC(C)=O)cc(C(N)=O)c1. The van der Waals surface area contributed by atoms with Gasteiger partial charge in [-0.3, -0.25) is 19.2 Å². The van der Waals surface area contributed by atoms with Crippen molar-refractivity contribution in [3.63, 3.8) is 0 Å². The molecule has 0 saturated heterocycles. The smallest absolute Gasteiger partial charge is 0.248 e. The summed E-state index contributed by atoms with van der Waals surface area (Å²) in [4.78, 5) is 57.6. The highest BCUT2D eigenvalue weighted by Crippen LogP contribution is 2.20. The van der Waals surface area contributed by atoms with Gasteiger partial charge in [0.05, 0.1) is 0 Å². The molecule has 0 unspecified atom stereocenters. The zero-order valence-corrected chi connectivity index (χ0v) is 16.1. The van der Waals surface area contributed by atoms with Crippen molar-refractivity contribution in [2.75, 3.05) is 17.2 Å². The fourth-order valence-electron chi connectivity index (χ4n) is 2.25. The Morgan fingerprint density at radius 1 is 0.857 bits per heavy atom. The lowest BCUT2D eigenvalue weighted by atomic mass is 10.1. The first-order valence-electron chi connectivity index (χ1n) is 9.02. The molecule has 1 aromatic carbocycles. The van der Waals surface area contributed by atoms with Gasteiger partial charge in [0.2, 0.25) is 23.6 Å². The van der Waals surface area contributed by atoms with Crippen LogP contribution in [-0.2, 0) is 19.2 Å². The molecular weight excluding hydrogens is 364 g/mol. The number of amides is 4. The van der Waals surface area contributed by atoms with Crippen molar-refractivity contribution in [2.45, 2.75) is 46.0 Å². The molecule has 28 heavy (non-hydrogen) atoms. The van der Waals surface area contributed by atoms with Crippen molar-refractivity contribution in [2.24, 2.45) is 5.73 Å². The number of benzene rings is 1. The second kappa shape index (κ2) is 11.5. The quantitative estimate of drug-likeness (QED) is 0.421. The lowest BCUT2D eigenvalue weighted by molar-refractivity contribution is -0.121. The molecule has 0 atom stereocenters. The zero-order chi connectivity index (χ0) is 21.1. The third-order valence-electron chi connectivity index (χ3n) is 3.71. The van der Waals surface area contributed by atoms with E-state index in [0.717, 1.165) is 0 Å². The van der Waals surface area contributed by atoms with Crippen LogP contribution in [0.15, 0.2) is 18.2 Å². The second-order valence-corrected chi connectivity index (χ2v) is 6.27. The van der Waals surface area contributed by atoms with E-state index >= 15 is 0 Å². The van der Waals surface area contributed by atoms with Gasteiger partial charge in [0.25, 0.3) is 0 Å². The molecule has 0 aliphatic carbocycles. The third kappa shape index (κ3) is 8.93. The molecule has 9 heteroatoms. The number of nitrogens with one attached hydrogen (secondary N) is 3. The molecule has 0 heterocycles. The fourth-order valence-corrected chi connectivity index (χ4v) is 2.25. The van der Waals surface area contributed by atoms with Crippen molar-refractivity contribution in [3.05, 3.63) is 23.8 Å². The van der Waals surface area contributed by atoms with E-state index in [9.17, 15) is 24.0 Å².